The zero-order chi connectivity index (χ0) is 29.5. The van der Waals surface area contributed by atoms with Crippen molar-refractivity contribution >= 4 is 23.3 Å². The van der Waals surface area contributed by atoms with Gasteiger partial charge < -0.3 is 25.5 Å². The molecule has 0 aliphatic carbocycles. The Hall–Kier alpha value is -3.14. The van der Waals surface area contributed by atoms with Crippen LogP contribution in [0.15, 0.2) is 42.5 Å². The molecule has 8 nitrogen and oxygen atoms in total. The van der Waals surface area contributed by atoms with Crippen LogP contribution in [-0.4, -0.2) is 83.9 Å². The molecule has 41 heavy (non-hydrogen) atoms. The second kappa shape index (κ2) is 14.2. The van der Waals surface area contributed by atoms with Crippen molar-refractivity contribution < 1.29 is 23.9 Å². The summed E-state index contributed by atoms with van der Waals surface area (Å²) in [6.45, 7) is 9.56. The maximum absolute atomic E-state index is 13.4. The molecular weight excluding hydrogens is 523 g/mol. The number of β-amino-alcohol motifs (C(OH)–C–C–N with tert-alkyl or cyclic N) is 1. The molecule has 9 heteroatoms. The van der Waals surface area contributed by atoms with Gasteiger partial charge in [-0.1, -0.05) is 12.1 Å². The lowest BCUT2D eigenvalue weighted by Crippen LogP contribution is -2.56. The smallest absolute Gasteiger partial charge is 0.319 e. The maximum Gasteiger partial charge on any atom is 0.319 e. The predicted molar refractivity (Wildman–Crippen MR) is 158 cm³/mol. The van der Waals surface area contributed by atoms with Gasteiger partial charge in [-0.2, -0.15) is 0 Å². The second-order valence-electron chi connectivity index (χ2n) is 11.9. The maximum atomic E-state index is 13.4. The third kappa shape index (κ3) is 9.18. The number of nitrogens with zero attached hydrogens (tertiary/aromatic N) is 2. The van der Waals surface area contributed by atoms with E-state index in [2.05, 4.69) is 20.4 Å². The average molecular weight is 567 g/mol. The number of carbonyl (C=O) groups is 3. The Morgan fingerprint density at radius 1 is 0.976 bits per heavy atom. The first-order valence-electron chi connectivity index (χ1n) is 14.7. The number of urea groups is 1. The molecule has 3 N–H and O–H groups in total. The Morgan fingerprint density at radius 3 is 2.29 bits per heavy atom. The number of hydrogen-bond acceptors (Lipinski definition) is 6. The molecule has 2 saturated heterocycles. The first-order chi connectivity index (χ1) is 19.5. The number of aliphatic hydroxyl groups is 1. The molecule has 4 atom stereocenters. The van der Waals surface area contributed by atoms with E-state index in [1.807, 2.05) is 12.1 Å². The molecule has 2 aromatic rings. The third-order valence-corrected chi connectivity index (χ3v) is 8.19. The number of halogens is 1. The summed E-state index contributed by atoms with van der Waals surface area (Å²) in [4.78, 5) is 41.8. The average Bonchev–Trinajstić information content (AvgIpc) is 2.91. The molecule has 2 aliphatic heterocycles. The van der Waals surface area contributed by atoms with Crippen molar-refractivity contribution in [3.8, 4) is 0 Å². The van der Waals surface area contributed by atoms with Gasteiger partial charge in [0.25, 0.3) is 0 Å². The van der Waals surface area contributed by atoms with Gasteiger partial charge in [0.05, 0.1) is 6.10 Å². The minimum absolute atomic E-state index is 0.0685. The molecule has 0 bridgehead atoms. The van der Waals surface area contributed by atoms with Crippen LogP contribution in [0.1, 0.15) is 66.3 Å². The summed E-state index contributed by atoms with van der Waals surface area (Å²) in [6, 6.07) is 11.1. The van der Waals surface area contributed by atoms with Gasteiger partial charge in [0.15, 0.2) is 11.6 Å². The zero-order valence-corrected chi connectivity index (χ0v) is 24.4. The van der Waals surface area contributed by atoms with Gasteiger partial charge in [-0.3, -0.25) is 9.59 Å². The fourth-order valence-corrected chi connectivity index (χ4v) is 6.23. The molecule has 0 saturated carbocycles. The van der Waals surface area contributed by atoms with Gasteiger partial charge >= 0.3 is 6.03 Å². The van der Waals surface area contributed by atoms with Gasteiger partial charge in [-0.25, -0.2) is 9.18 Å². The first-order valence-corrected chi connectivity index (χ1v) is 14.7. The normalized spacial score (nSPS) is 22.6. The number of rotatable bonds is 10. The van der Waals surface area contributed by atoms with Gasteiger partial charge in [0.1, 0.15) is 5.82 Å². The van der Waals surface area contributed by atoms with Gasteiger partial charge in [-0.05, 0) is 94.8 Å². The number of likely N-dealkylation sites (tertiary alicyclic amines) is 2. The standard InChI is InChI=1S/C32H43FN4O4/c1-21(38)17-37-12-10-31(35-32(41)34-30-15-26(22(2)39)14-27(16-30)23(3)40)28(20-37)19-36-11-4-5-25(18-36)13-24-6-8-29(33)9-7-24/h6-9,14-16,21,25,28,31,38H,4-5,10-13,17-20H2,1-3H3,(H2,34,35,41)/t21?,25-,28-,31+/m0/s1. The van der Waals surface area contributed by atoms with E-state index < -0.39 is 6.10 Å². The molecule has 2 heterocycles. The molecule has 2 fully saturated rings. The number of hydrogen-bond donors (Lipinski definition) is 3. The predicted octanol–water partition coefficient (Wildman–Crippen LogP) is 4.38. The second-order valence-corrected chi connectivity index (χ2v) is 11.9. The van der Waals surface area contributed by atoms with Crippen LogP contribution in [0.25, 0.3) is 0 Å². The van der Waals surface area contributed by atoms with Crippen molar-refractivity contribution in [2.75, 3.05) is 44.6 Å². The Bertz CT molecular complexity index is 1190. The molecule has 4 rings (SSSR count). The fourth-order valence-electron chi connectivity index (χ4n) is 6.23. The number of nitrogens with one attached hydrogen (secondary N) is 2. The highest BCUT2D eigenvalue weighted by atomic mass is 19.1. The highest BCUT2D eigenvalue weighted by Crippen LogP contribution is 2.25. The van der Waals surface area contributed by atoms with E-state index in [9.17, 15) is 23.9 Å². The summed E-state index contributed by atoms with van der Waals surface area (Å²) < 4.78 is 13.4. The number of piperidine rings is 2. The van der Waals surface area contributed by atoms with Gasteiger partial charge in [0.2, 0.25) is 0 Å². The molecule has 0 spiro atoms. The van der Waals surface area contributed by atoms with Crippen molar-refractivity contribution in [3.63, 3.8) is 0 Å². The van der Waals surface area contributed by atoms with E-state index >= 15 is 0 Å². The topological polar surface area (TPSA) is 102 Å². The Kier molecular flexibility index (Phi) is 10.6. The summed E-state index contributed by atoms with van der Waals surface area (Å²) in [7, 11) is 0. The molecule has 0 radical (unpaired) electrons. The SMILES string of the molecule is CC(=O)c1cc(NC(=O)N[C@@H]2CCN(CC(C)O)C[C@@H]2CN2CCC[C@@H](Cc3ccc(F)cc3)C2)cc(C(C)=O)c1. The largest absolute Gasteiger partial charge is 0.392 e. The van der Waals surface area contributed by atoms with Crippen molar-refractivity contribution in [1.29, 1.82) is 0 Å². The molecule has 222 valence electrons. The van der Waals surface area contributed by atoms with Crippen molar-refractivity contribution in [2.24, 2.45) is 11.8 Å². The lowest BCUT2D eigenvalue weighted by molar-refractivity contribution is 0.0581. The van der Waals surface area contributed by atoms with E-state index in [4.69, 9.17) is 0 Å². The van der Waals surface area contributed by atoms with E-state index in [0.717, 1.165) is 64.0 Å². The highest BCUT2D eigenvalue weighted by Gasteiger charge is 2.33. The molecule has 2 amide bonds. The Morgan fingerprint density at radius 2 is 1.66 bits per heavy atom. The summed E-state index contributed by atoms with van der Waals surface area (Å²) >= 11 is 0. The number of benzene rings is 2. The minimum Gasteiger partial charge on any atom is -0.392 e. The number of carbonyl (C=O) groups excluding carboxylic acids is 3. The molecular formula is C32H43FN4O4. The van der Waals surface area contributed by atoms with Crippen LogP contribution in [-0.2, 0) is 6.42 Å². The number of aliphatic hydroxyl groups excluding tert-OH is 1. The van der Waals surface area contributed by atoms with Crippen LogP contribution >= 0.6 is 0 Å². The minimum atomic E-state index is -0.428. The Labute approximate surface area is 242 Å². The van der Waals surface area contributed by atoms with Crippen LogP contribution in [0, 0.1) is 17.7 Å². The summed E-state index contributed by atoms with van der Waals surface area (Å²) in [5.74, 6) is 0.0773. The third-order valence-electron chi connectivity index (χ3n) is 8.19. The lowest BCUT2D eigenvalue weighted by atomic mass is 9.88. The number of Topliss-reactive ketones (excluding diaryl/α,β-unsaturated/α-hetero) is 2. The van der Waals surface area contributed by atoms with Crippen LogP contribution < -0.4 is 10.6 Å². The number of anilines is 1. The van der Waals surface area contributed by atoms with Gasteiger partial charge in [0, 0.05) is 61.5 Å². The molecule has 2 aliphatic rings. The first kappa shape index (κ1) is 30.8. The van der Waals surface area contributed by atoms with Crippen LogP contribution in [0.5, 0.6) is 0 Å². The van der Waals surface area contributed by atoms with E-state index in [1.54, 1.807) is 25.1 Å². The summed E-state index contributed by atoms with van der Waals surface area (Å²) in [6.07, 6.45) is 3.48. The van der Waals surface area contributed by atoms with E-state index in [0.29, 0.717) is 29.3 Å². The zero-order valence-electron chi connectivity index (χ0n) is 24.4. The Balaban J connectivity index is 1.42. The number of ketones is 2. The quantitative estimate of drug-likeness (QED) is 0.369. The lowest BCUT2D eigenvalue weighted by Gasteiger charge is -2.43. The van der Waals surface area contributed by atoms with Crippen molar-refractivity contribution in [2.45, 2.75) is 58.6 Å². The summed E-state index contributed by atoms with van der Waals surface area (Å²) in [5.41, 5.74) is 2.30. The molecule has 2 aromatic carbocycles. The highest BCUT2D eigenvalue weighted by molar-refractivity contribution is 6.02. The molecule has 0 aromatic heterocycles. The van der Waals surface area contributed by atoms with Crippen molar-refractivity contribution in [1.82, 2.24) is 15.1 Å². The van der Waals surface area contributed by atoms with Crippen LogP contribution in [0.3, 0.4) is 0 Å². The van der Waals surface area contributed by atoms with Crippen LogP contribution in [0.4, 0.5) is 14.9 Å². The van der Waals surface area contributed by atoms with Crippen molar-refractivity contribution in [3.05, 3.63) is 65.0 Å². The van der Waals surface area contributed by atoms with Gasteiger partial charge in [-0.15, -0.1) is 0 Å². The number of amides is 2. The molecule has 1 unspecified atom stereocenters. The monoisotopic (exact) mass is 566 g/mol. The van der Waals surface area contributed by atoms with E-state index in [1.165, 1.54) is 26.0 Å². The van der Waals surface area contributed by atoms with E-state index in [-0.39, 0.29) is 35.4 Å². The van der Waals surface area contributed by atoms with Crippen LogP contribution in [0.2, 0.25) is 0 Å². The summed E-state index contributed by atoms with van der Waals surface area (Å²) in [5, 5.41) is 16.0. The fraction of sp³-hybridized carbons (Fsp3) is 0.531.